The van der Waals surface area contributed by atoms with E-state index in [0.29, 0.717) is 25.1 Å². The van der Waals surface area contributed by atoms with Crippen molar-refractivity contribution < 1.29 is 18.7 Å². The van der Waals surface area contributed by atoms with E-state index in [0.717, 1.165) is 13.1 Å². The van der Waals surface area contributed by atoms with E-state index >= 15 is 0 Å². The maximum Gasteiger partial charge on any atom is 0.243 e. The van der Waals surface area contributed by atoms with Crippen molar-refractivity contribution in [1.29, 1.82) is 0 Å². The van der Waals surface area contributed by atoms with Crippen molar-refractivity contribution in [3.63, 3.8) is 0 Å². The van der Waals surface area contributed by atoms with Gasteiger partial charge in [-0.25, -0.2) is 4.39 Å². The Kier molecular flexibility index (Phi) is 8.10. The van der Waals surface area contributed by atoms with E-state index in [2.05, 4.69) is 16.0 Å². The summed E-state index contributed by atoms with van der Waals surface area (Å²) in [6.07, 6.45) is 1.33. The van der Waals surface area contributed by atoms with Crippen LogP contribution in [0.25, 0.3) is 0 Å². The zero-order valence-corrected chi connectivity index (χ0v) is 14.4. The van der Waals surface area contributed by atoms with Gasteiger partial charge < -0.3 is 20.7 Å². The number of methoxy groups -OCH3 is 1. The lowest BCUT2D eigenvalue weighted by atomic mass is 9.78. The number of nitrogens with one attached hydrogen (secondary N) is 3. The highest BCUT2D eigenvalue weighted by molar-refractivity contribution is 5.95. The molecule has 24 heavy (non-hydrogen) atoms. The van der Waals surface area contributed by atoms with Gasteiger partial charge in [-0.05, 0) is 44.1 Å². The number of benzene rings is 1. The SMILES string of the molecule is COCC1(C(=O)NCC(=O)Nc2cccc(F)c2)CCNCC1.Cl. The molecule has 0 aliphatic carbocycles. The summed E-state index contributed by atoms with van der Waals surface area (Å²) in [4.78, 5) is 24.3. The van der Waals surface area contributed by atoms with Crippen molar-refractivity contribution >= 4 is 29.9 Å². The van der Waals surface area contributed by atoms with E-state index in [4.69, 9.17) is 4.74 Å². The van der Waals surface area contributed by atoms with Crippen LogP contribution in [0, 0.1) is 11.2 Å². The second-order valence-corrected chi connectivity index (χ2v) is 5.70. The normalized spacial score (nSPS) is 15.9. The first-order chi connectivity index (χ1) is 11.1. The molecule has 1 aliphatic heterocycles. The number of hydrogen-bond acceptors (Lipinski definition) is 4. The molecule has 0 saturated carbocycles. The zero-order chi connectivity index (χ0) is 16.7. The molecule has 1 aromatic rings. The van der Waals surface area contributed by atoms with Crippen molar-refractivity contribution in [2.45, 2.75) is 12.8 Å². The van der Waals surface area contributed by atoms with Crippen LogP contribution >= 0.6 is 12.4 Å². The monoisotopic (exact) mass is 359 g/mol. The average Bonchev–Trinajstić information content (AvgIpc) is 2.54. The zero-order valence-electron chi connectivity index (χ0n) is 13.6. The predicted molar refractivity (Wildman–Crippen MR) is 91.7 cm³/mol. The predicted octanol–water partition coefficient (Wildman–Crippen LogP) is 1.32. The molecule has 0 unspecified atom stereocenters. The fourth-order valence-electron chi connectivity index (χ4n) is 2.74. The van der Waals surface area contributed by atoms with E-state index in [9.17, 15) is 14.0 Å². The largest absolute Gasteiger partial charge is 0.384 e. The number of piperidine rings is 1. The van der Waals surface area contributed by atoms with Gasteiger partial charge >= 0.3 is 0 Å². The van der Waals surface area contributed by atoms with Gasteiger partial charge in [0.1, 0.15) is 5.82 Å². The lowest BCUT2D eigenvalue weighted by molar-refractivity contribution is -0.137. The summed E-state index contributed by atoms with van der Waals surface area (Å²) in [7, 11) is 1.56. The summed E-state index contributed by atoms with van der Waals surface area (Å²) in [6.45, 7) is 1.65. The summed E-state index contributed by atoms with van der Waals surface area (Å²) in [6, 6.07) is 5.61. The van der Waals surface area contributed by atoms with Crippen LogP contribution in [0.1, 0.15) is 12.8 Å². The molecule has 0 bridgehead atoms. The number of ether oxygens (including phenoxy) is 1. The molecule has 0 spiro atoms. The molecule has 6 nitrogen and oxygen atoms in total. The smallest absolute Gasteiger partial charge is 0.243 e. The summed E-state index contributed by atoms with van der Waals surface area (Å²) >= 11 is 0. The van der Waals surface area contributed by atoms with E-state index < -0.39 is 17.1 Å². The van der Waals surface area contributed by atoms with Gasteiger partial charge in [0.15, 0.2) is 0 Å². The van der Waals surface area contributed by atoms with Crippen LogP contribution < -0.4 is 16.0 Å². The van der Waals surface area contributed by atoms with Crippen molar-refractivity contribution in [1.82, 2.24) is 10.6 Å². The summed E-state index contributed by atoms with van der Waals surface area (Å²) in [5.41, 5.74) is -0.239. The summed E-state index contributed by atoms with van der Waals surface area (Å²) in [5, 5.41) is 8.41. The van der Waals surface area contributed by atoms with Crippen LogP contribution in [0.3, 0.4) is 0 Å². The molecular weight excluding hydrogens is 337 g/mol. The fourth-order valence-corrected chi connectivity index (χ4v) is 2.74. The van der Waals surface area contributed by atoms with Crippen LogP contribution in [0.4, 0.5) is 10.1 Å². The Labute approximate surface area is 146 Å². The average molecular weight is 360 g/mol. The molecule has 1 fully saturated rings. The van der Waals surface area contributed by atoms with E-state index in [1.165, 1.54) is 18.2 Å². The Morgan fingerprint density at radius 1 is 1.33 bits per heavy atom. The van der Waals surface area contributed by atoms with E-state index in [-0.39, 0.29) is 24.9 Å². The first-order valence-electron chi connectivity index (χ1n) is 7.59. The number of carbonyl (C=O) groups is 2. The van der Waals surface area contributed by atoms with Gasteiger partial charge in [-0.3, -0.25) is 9.59 Å². The Hall–Kier alpha value is -1.70. The molecule has 8 heteroatoms. The van der Waals surface area contributed by atoms with Crippen LogP contribution in [0.5, 0.6) is 0 Å². The Morgan fingerprint density at radius 3 is 2.67 bits per heavy atom. The second kappa shape index (κ2) is 9.56. The van der Waals surface area contributed by atoms with Crippen molar-refractivity contribution in [2.24, 2.45) is 5.41 Å². The maximum absolute atomic E-state index is 13.1. The molecule has 1 aromatic carbocycles. The van der Waals surface area contributed by atoms with Gasteiger partial charge in [0, 0.05) is 12.8 Å². The number of halogens is 2. The van der Waals surface area contributed by atoms with Crippen LogP contribution in [0.2, 0.25) is 0 Å². The van der Waals surface area contributed by atoms with E-state index in [1.54, 1.807) is 13.2 Å². The summed E-state index contributed by atoms with van der Waals surface area (Å²) in [5.74, 6) is -1.01. The molecular formula is C16H23ClFN3O3. The number of rotatable bonds is 6. The number of amides is 2. The van der Waals surface area contributed by atoms with Crippen LogP contribution in [-0.4, -0.2) is 45.2 Å². The molecule has 1 saturated heterocycles. The first-order valence-corrected chi connectivity index (χ1v) is 7.59. The van der Waals surface area contributed by atoms with E-state index in [1.807, 2.05) is 0 Å². The minimum absolute atomic E-state index is 0. The maximum atomic E-state index is 13.1. The van der Waals surface area contributed by atoms with Gasteiger partial charge in [0.2, 0.25) is 11.8 Å². The lowest BCUT2D eigenvalue weighted by Gasteiger charge is -2.35. The summed E-state index contributed by atoms with van der Waals surface area (Å²) < 4.78 is 18.3. The molecule has 0 radical (unpaired) electrons. The molecule has 2 amide bonds. The van der Waals surface area contributed by atoms with Crippen molar-refractivity contribution in [2.75, 3.05) is 38.7 Å². The molecule has 0 aromatic heterocycles. The Bertz CT molecular complexity index is 560. The highest BCUT2D eigenvalue weighted by Gasteiger charge is 2.39. The minimum atomic E-state index is -0.598. The standard InChI is InChI=1S/C16H22FN3O3.ClH/c1-23-11-16(5-7-18-8-6-16)15(22)19-10-14(21)20-13-4-2-3-12(17)9-13;/h2-4,9,18H,5-8,10-11H2,1H3,(H,19,22)(H,20,21);1H. The molecule has 1 aliphatic rings. The number of hydrogen-bond donors (Lipinski definition) is 3. The topological polar surface area (TPSA) is 79.5 Å². The van der Waals surface area contributed by atoms with Crippen LogP contribution in [0.15, 0.2) is 24.3 Å². The Morgan fingerprint density at radius 2 is 2.04 bits per heavy atom. The van der Waals surface area contributed by atoms with Gasteiger partial charge in [-0.1, -0.05) is 6.07 Å². The molecule has 134 valence electrons. The Balaban J connectivity index is 0.00000288. The van der Waals surface area contributed by atoms with Gasteiger partial charge in [-0.15, -0.1) is 12.4 Å². The molecule has 3 N–H and O–H groups in total. The highest BCUT2D eigenvalue weighted by atomic mass is 35.5. The van der Waals surface area contributed by atoms with Gasteiger partial charge in [0.05, 0.1) is 18.6 Å². The van der Waals surface area contributed by atoms with Crippen molar-refractivity contribution in [3.8, 4) is 0 Å². The molecule has 2 rings (SSSR count). The molecule has 0 atom stereocenters. The van der Waals surface area contributed by atoms with Crippen LogP contribution in [-0.2, 0) is 14.3 Å². The third-order valence-corrected chi connectivity index (χ3v) is 3.98. The molecule has 1 heterocycles. The quantitative estimate of drug-likeness (QED) is 0.715. The minimum Gasteiger partial charge on any atom is -0.384 e. The number of carbonyl (C=O) groups excluding carboxylic acids is 2. The van der Waals surface area contributed by atoms with Gasteiger partial charge in [-0.2, -0.15) is 0 Å². The van der Waals surface area contributed by atoms with Crippen molar-refractivity contribution in [3.05, 3.63) is 30.1 Å². The third kappa shape index (κ3) is 5.43. The number of anilines is 1. The fraction of sp³-hybridized carbons (Fsp3) is 0.500. The second-order valence-electron chi connectivity index (χ2n) is 5.70. The third-order valence-electron chi connectivity index (χ3n) is 3.98. The van der Waals surface area contributed by atoms with Gasteiger partial charge in [0.25, 0.3) is 0 Å². The highest BCUT2D eigenvalue weighted by Crippen LogP contribution is 2.29. The first kappa shape index (κ1) is 20.3. The lowest BCUT2D eigenvalue weighted by Crippen LogP contribution is -2.51.